The summed E-state index contributed by atoms with van der Waals surface area (Å²) in [7, 11) is 0. The van der Waals surface area contributed by atoms with Crippen LogP contribution < -0.4 is 5.32 Å². The predicted molar refractivity (Wildman–Crippen MR) is 158 cm³/mol. The quantitative estimate of drug-likeness (QED) is 0.188. The molecule has 0 aliphatic carbocycles. The van der Waals surface area contributed by atoms with E-state index in [2.05, 4.69) is 17.9 Å². The van der Waals surface area contributed by atoms with Crippen molar-refractivity contribution in [1.29, 1.82) is 0 Å². The second kappa shape index (κ2) is 14.8. The highest BCUT2D eigenvalue weighted by atomic mass is 32.1. The van der Waals surface area contributed by atoms with Gasteiger partial charge in [0, 0.05) is 55.7 Å². The number of likely N-dealkylation sites (tertiary alicyclic amines) is 2. The summed E-state index contributed by atoms with van der Waals surface area (Å²) in [6, 6.07) is 10.6. The number of thiol groups is 1. The Morgan fingerprint density at radius 3 is 2.09 bits per heavy atom. The zero-order valence-corrected chi connectivity index (χ0v) is 24.5. The van der Waals surface area contributed by atoms with Crippen LogP contribution in [0, 0.1) is 26.1 Å². The number of hydrogen-bond donors (Lipinski definition) is 3. The van der Waals surface area contributed by atoms with Crippen LogP contribution in [-0.2, 0) is 27.5 Å². The highest BCUT2D eigenvalue weighted by Gasteiger charge is 2.40. The zero-order chi connectivity index (χ0) is 31.8. The van der Waals surface area contributed by atoms with Crippen LogP contribution in [0.3, 0.4) is 0 Å². The van der Waals surface area contributed by atoms with Crippen LogP contribution in [-0.4, -0.2) is 86.4 Å². The van der Waals surface area contributed by atoms with Gasteiger partial charge in [0.1, 0.15) is 13.2 Å². The molecule has 2 fully saturated rings. The number of aliphatic hydroxyl groups is 1. The molecule has 4 atom stereocenters. The number of hydrogen-bond acceptors (Lipinski definition) is 11. The number of rotatable bonds is 11. The Morgan fingerprint density at radius 2 is 1.52 bits per heavy atom. The Morgan fingerprint density at radius 1 is 0.955 bits per heavy atom. The molecular formula is C28H33N5O10S. The van der Waals surface area contributed by atoms with Crippen LogP contribution in [0.2, 0.25) is 0 Å². The summed E-state index contributed by atoms with van der Waals surface area (Å²) in [6.45, 7) is 1.19. The summed E-state index contributed by atoms with van der Waals surface area (Å²) >= 11 is 4.46. The molecule has 2 aliphatic heterocycles. The monoisotopic (exact) mass is 631 g/mol. The smallest absolute Gasteiger partial charge is 0.410 e. The number of nitro benzene ring substituents is 2. The summed E-state index contributed by atoms with van der Waals surface area (Å²) in [5.74, 6) is -0.287. The molecule has 0 spiro atoms. The molecule has 4 rings (SSSR count). The number of aliphatic hydroxyl groups excluding tert-OH is 1. The molecule has 2 aliphatic rings. The number of nitrogens with zero attached hydrogens (tertiary/aromatic N) is 4. The lowest BCUT2D eigenvalue weighted by atomic mass is 10.0. The molecule has 2 aromatic carbocycles. The first-order valence-electron chi connectivity index (χ1n) is 13.9. The van der Waals surface area contributed by atoms with Crippen LogP contribution in [0.1, 0.15) is 30.4 Å². The van der Waals surface area contributed by atoms with Gasteiger partial charge in [-0.2, -0.15) is 12.6 Å². The summed E-state index contributed by atoms with van der Waals surface area (Å²) in [5, 5.41) is 34.9. The fraction of sp³-hybridized carbons (Fsp3) is 0.464. The molecule has 0 radical (unpaired) electrons. The minimum atomic E-state index is -1.14. The lowest BCUT2D eigenvalue weighted by Gasteiger charge is -2.28. The Labute approximate surface area is 257 Å². The number of ether oxygens (including phenoxy) is 2. The van der Waals surface area contributed by atoms with Crippen LogP contribution >= 0.6 is 12.6 Å². The SMILES string of the molecule is O=C(NC[C@H]1CCN(C(=O)CC(O)[C@@H]2C[C@H](S)CN2C(=O)OCc2ccc([N+](=O)[O-])cc2)C1)OCc1ccc([N+](=O)[O-])cc1. The van der Waals surface area contributed by atoms with Crippen molar-refractivity contribution in [2.24, 2.45) is 5.92 Å². The highest BCUT2D eigenvalue weighted by Crippen LogP contribution is 2.28. The van der Waals surface area contributed by atoms with Gasteiger partial charge in [0.25, 0.3) is 11.4 Å². The topological polar surface area (TPSA) is 195 Å². The van der Waals surface area contributed by atoms with Crippen molar-refractivity contribution < 1.29 is 38.8 Å². The number of nitrogens with one attached hydrogen (secondary N) is 1. The molecule has 2 saturated heterocycles. The minimum absolute atomic E-state index is 0.0118. The average Bonchev–Trinajstić information content (AvgIpc) is 3.65. The minimum Gasteiger partial charge on any atom is -0.445 e. The number of carbonyl (C=O) groups excluding carboxylic acids is 3. The molecule has 236 valence electrons. The van der Waals surface area contributed by atoms with Gasteiger partial charge in [0.15, 0.2) is 0 Å². The molecular weight excluding hydrogens is 598 g/mol. The van der Waals surface area contributed by atoms with E-state index in [1.54, 1.807) is 4.90 Å². The third-order valence-corrected chi connectivity index (χ3v) is 7.96. The van der Waals surface area contributed by atoms with Crippen molar-refractivity contribution in [1.82, 2.24) is 15.1 Å². The number of alkyl carbamates (subject to hydrolysis) is 1. The van der Waals surface area contributed by atoms with E-state index in [1.165, 1.54) is 53.4 Å². The van der Waals surface area contributed by atoms with Gasteiger partial charge >= 0.3 is 12.2 Å². The predicted octanol–water partition coefficient (Wildman–Crippen LogP) is 3.04. The van der Waals surface area contributed by atoms with Crippen LogP contribution in [0.25, 0.3) is 0 Å². The zero-order valence-electron chi connectivity index (χ0n) is 23.6. The summed E-state index contributed by atoms with van der Waals surface area (Å²) in [5.41, 5.74) is 1.03. The van der Waals surface area contributed by atoms with Gasteiger partial charge in [-0.05, 0) is 54.2 Å². The Bertz CT molecular complexity index is 1360. The van der Waals surface area contributed by atoms with Gasteiger partial charge in [0.2, 0.25) is 5.91 Å². The summed E-state index contributed by atoms with van der Waals surface area (Å²) in [4.78, 5) is 61.4. The Hall–Kier alpha value is -4.44. The summed E-state index contributed by atoms with van der Waals surface area (Å²) in [6.07, 6.45) is -1.64. The second-order valence-electron chi connectivity index (χ2n) is 10.7. The maximum atomic E-state index is 13.0. The molecule has 15 nitrogen and oxygen atoms in total. The van der Waals surface area contributed by atoms with Gasteiger partial charge in [0.05, 0.1) is 28.4 Å². The van der Waals surface area contributed by atoms with Crippen molar-refractivity contribution in [3.8, 4) is 0 Å². The molecule has 3 amide bonds. The molecule has 16 heteroatoms. The lowest BCUT2D eigenvalue weighted by molar-refractivity contribution is -0.385. The lowest BCUT2D eigenvalue weighted by Crippen LogP contribution is -2.45. The van der Waals surface area contributed by atoms with Crippen molar-refractivity contribution >= 4 is 42.1 Å². The van der Waals surface area contributed by atoms with Crippen molar-refractivity contribution in [2.75, 3.05) is 26.2 Å². The van der Waals surface area contributed by atoms with Crippen molar-refractivity contribution in [3.05, 3.63) is 79.9 Å². The van der Waals surface area contributed by atoms with Gasteiger partial charge in [-0.15, -0.1) is 0 Å². The molecule has 2 aromatic rings. The Kier molecular flexibility index (Phi) is 10.9. The standard InChI is InChI=1S/C28H33N5O10S/c34-25(24-11-23(44)15-31(24)28(37)43-17-19-3-7-22(8-4-19)33(40)41)12-26(35)30-10-9-20(14-30)13-29-27(36)42-16-18-1-5-21(6-2-18)32(38)39/h1-8,20,23-25,34,44H,9-17H2,(H,29,36)/t20-,23+,24+,25?/m1/s1. The number of non-ortho nitro benzene ring substituents is 2. The van der Waals surface area contributed by atoms with Gasteiger partial charge in [-0.1, -0.05) is 0 Å². The van der Waals surface area contributed by atoms with E-state index in [1.807, 2.05) is 0 Å². The molecule has 2 heterocycles. The number of amides is 3. The first-order chi connectivity index (χ1) is 21.0. The van der Waals surface area contributed by atoms with E-state index >= 15 is 0 Å². The number of carbonyl (C=O) groups is 3. The van der Waals surface area contributed by atoms with E-state index in [-0.39, 0.29) is 61.2 Å². The first-order valence-corrected chi connectivity index (χ1v) is 14.5. The molecule has 44 heavy (non-hydrogen) atoms. The van der Waals surface area contributed by atoms with Gasteiger partial charge < -0.3 is 29.7 Å². The molecule has 2 N–H and O–H groups in total. The maximum absolute atomic E-state index is 13.0. The van der Waals surface area contributed by atoms with E-state index in [9.17, 15) is 39.7 Å². The molecule has 0 bridgehead atoms. The van der Waals surface area contributed by atoms with Crippen molar-refractivity contribution in [2.45, 2.75) is 49.9 Å². The first kappa shape index (κ1) is 32.5. The third-order valence-electron chi connectivity index (χ3n) is 7.58. The highest BCUT2D eigenvalue weighted by molar-refractivity contribution is 7.81. The van der Waals surface area contributed by atoms with Crippen LogP contribution in [0.4, 0.5) is 21.0 Å². The fourth-order valence-corrected chi connectivity index (χ4v) is 5.56. The van der Waals surface area contributed by atoms with E-state index in [0.29, 0.717) is 37.1 Å². The van der Waals surface area contributed by atoms with Crippen molar-refractivity contribution in [3.63, 3.8) is 0 Å². The third kappa shape index (κ3) is 8.79. The van der Waals surface area contributed by atoms with Gasteiger partial charge in [-0.25, -0.2) is 9.59 Å². The average molecular weight is 632 g/mol. The Balaban J connectivity index is 1.19. The van der Waals surface area contributed by atoms with E-state index in [0.717, 1.165) is 0 Å². The van der Waals surface area contributed by atoms with E-state index in [4.69, 9.17) is 9.47 Å². The van der Waals surface area contributed by atoms with Gasteiger partial charge in [-0.3, -0.25) is 25.0 Å². The maximum Gasteiger partial charge on any atom is 0.410 e. The fourth-order valence-electron chi connectivity index (χ4n) is 5.17. The normalized spacial score (nSPS) is 20.2. The van der Waals surface area contributed by atoms with Crippen LogP contribution in [0.15, 0.2) is 48.5 Å². The number of nitro groups is 2. The van der Waals surface area contributed by atoms with E-state index < -0.39 is 34.2 Å². The number of benzene rings is 2. The largest absolute Gasteiger partial charge is 0.445 e. The second-order valence-corrected chi connectivity index (χ2v) is 11.5. The molecule has 0 aromatic heterocycles. The molecule has 1 unspecified atom stereocenters. The summed E-state index contributed by atoms with van der Waals surface area (Å²) < 4.78 is 10.5. The molecule has 0 saturated carbocycles. The van der Waals surface area contributed by atoms with Crippen LogP contribution in [0.5, 0.6) is 0 Å².